The van der Waals surface area contributed by atoms with Crippen molar-refractivity contribution in [1.82, 2.24) is 24.1 Å². The Bertz CT molecular complexity index is 1180. The van der Waals surface area contributed by atoms with Crippen LogP contribution in [0.25, 0.3) is 22.2 Å². The number of nitrogens with zero attached hydrogens (tertiary/aromatic N) is 5. The molecule has 0 saturated carbocycles. The van der Waals surface area contributed by atoms with Crippen molar-refractivity contribution in [3.8, 4) is 0 Å². The Morgan fingerprint density at radius 1 is 1.04 bits per heavy atom. The summed E-state index contributed by atoms with van der Waals surface area (Å²) in [5, 5.41) is 0.411. The Labute approximate surface area is 161 Å². The number of hydrogen-bond acceptors (Lipinski definition) is 4. The zero-order chi connectivity index (χ0) is 19.0. The number of hydrogen-bond donors (Lipinski definition) is 0. The smallest absolute Gasteiger partial charge is 0.269 e. The molecule has 0 aliphatic rings. The summed E-state index contributed by atoms with van der Waals surface area (Å²) in [5.74, 6) is 1.35. The van der Waals surface area contributed by atoms with Crippen molar-refractivity contribution in [3.63, 3.8) is 0 Å². The van der Waals surface area contributed by atoms with E-state index in [2.05, 4.69) is 33.4 Å². The summed E-state index contributed by atoms with van der Waals surface area (Å²) < 4.78 is 3.84. The average molecular weight is 382 g/mol. The minimum absolute atomic E-state index is 0.151. The van der Waals surface area contributed by atoms with E-state index in [0.717, 1.165) is 35.3 Å². The van der Waals surface area contributed by atoms with Crippen molar-refractivity contribution in [1.29, 1.82) is 0 Å². The number of halogens is 1. The molecule has 27 heavy (non-hydrogen) atoms. The predicted molar refractivity (Wildman–Crippen MR) is 107 cm³/mol. The lowest BCUT2D eigenvalue weighted by molar-refractivity contribution is 0.507. The second kappa shape index (κ2) is 7.12. The van der Waals surface area contributed by atoms with Crippen LogP contribution in [0.4, 0.5) is 0 Å². The van der Waals surface area contributed by atoms with Crippen molar-refractivity contribution in [3.05, 3.63) is 63.9 Å². The van der Waals surface area contributed by atoms with Gasteiger partial charge in [-0.2, -0.15) is 0 Å². The average Bonchev–Trinajstić information content (AvgIpc) is 2.98. The number of pyridine rings is 1. The van der Waals surface area contributed by atoms with E-state index in [-0.39, 0.29) is 5.56 Å². The van der Waals surface area contributed by atoms with Gasteiger partial charge in [0.15, 0.2) is 5.65 Å². The molecule has 4 rings (SSSR count). The number of fused-ring (bicyclic) bond motifs is 2. The number of benzene rings is 1. The predicted octanol–water partition coefficient (Wildman–Crippen LogP) is 3.89. The highest BCUT2D eigenvalue weighted by Gasteiger charge is 2.15. The first-order valence-electron chi connectivity index (χ1n) is 8.99. The summed E-state index contributed by atoms with van der Waals surface area (Å²) in [6, 6.07) is 11.3. The van der Waals surface area contributed by atoms with Gasteiger partial charge in [-0.15, -0.1) is 0 Å². The number of aromatic nitrogens is 5. The summed E-state index contributed by atoms with van der Waals surface area (Å²) in [7, 11) is 0. The summed E-state index contributed by atoms with van der Waals surface area (Å²) in [5.41, 5.74) is 2.96. The van der Waals surface area contributed by atoms with Gasteiger partial charge in [0.1, 0.15) is 11.0 Å². The molecule has 7 heteroatoms. The van der Waals surface area contributed by atoms with E-state index in [1.165, 1.54) is 6.20 Å². The van der Waals surface area contributed by atoms with Crippen molar-refractivity contribution in [2.75, 3.05) is 0 Å². The highest BCUT2D eigenvalue weighted by molar-refractivity contribution is 6.29. The third-order valence-electron chi connectivity index (χ3n) is 4.64. The van der Waals surface area contributed by atoms with Crippen LogP contribution in [0.3, 0.4) is 0 Å². The highest BCUT2D eigenvalue weighted by Crippen LogP contribution is 2.20. The minimum Gasteiger partial charge on any atom is -0.325 e. The van der Waals surface area contributed by atoms with E-state index in [1.807, 2.05) is 30.3 Å². The van der Waals surface area contributed by atoms with Crippen LogP contribution in [0.5, 0.6) is 0 Å². The molecule has 0 bridgehead atoms. The van der Waals surface area contributed by atoms with Crippen LogP contribution in [-0.4, -0.2) is 24.1 Å². The molecule has 3 aromatic heterocycles. The van der Waals surface area contributed by atoms with Gasteiger partial charge in [0, 0.05) is 6.54 Å². The Kier molecular flexibility index (Phi) is 4.66. The minimum atomic E-state index is -0.151. The molecular formula is C20H20ClN5O. The van der Waals surface area contributed by atoms with Gasteiger partial charge in [-0.1, -0.05) is 37.6 Å². The normalized spacial score (nSPS) is 11.7. The van der Waals surface area contributed by atoms with Crippen LogP contribution >= 0.6 is 11.6 Å². The SMILES string of the molecule is CC(C)CCn1c(Cn2c(=O)cnc3ccccc32)nc2nc(Cl)ccc21. The lowest BCUT2D eigenvalue weighted by Gasteiger charge is -2.13. The number of rotatable bonds is 5. The fourth-order valence-electron chi connectivity index (χ4n) is 3.21. The third kappa shape index (κ3) is 3.45. The molecule has 0 N–H and O–H groups in total. The highest BCUT2D eigenvalue weighted by atomic mass is 35.5. The molecule has 3 heterocycles. The van der Waals surface area contributed by atoms with Crippen LogP contribution in [-0.2, 0) is 13.1 Å². The van der Waals surface area contributed by atoms with Crippen LogP contribution in [0.1, 0.15) is 26.1 Å². The van der Waals surface area contributed by atoms with Gasteiger partial charge in [-0.25, -0.2) is 15.0 Å². The first-order chi connectivity index (χ1) is 13.0. The molecule has 0 atom stereocenters. The molecule has 0 saturated heterocycles. The number of para-hydroxylation sites is 2. The quantitative estimate of drug-likeness (QED) is 0.492. The molecule has 4 aromatic rings. The first-order valence-corrected chi connectivity index (χ1v) is 9.37. The topological polar surface area (TPSA) is 65.6 Å². The maximum absolute atomic E-state index is 12.5. The zero-order valence-electron chi connectivity index (χ0n) is 15.3. The Morgan fingerprint density at radius 3 is 2.67 bits per heavy atom. The van der Waals surface area contributed by atoms with Gasteiger partial charge in [0.25, 0.3) is 5.56 Å². The second-order valence-electron chi connectivity index (χ2n) is 7.01. The van der Waals surface area contributed by atoms with Gasteiger partial charge >= 0.3 is 0 Å². The molecule has 1 aromatic carbocycles. The van der Waals surface area contributed by atoms with E-state index in [4.69, 9.17) is 11.6 Å². The van der Waals surface area contributed by atoms with Gasteiger partial charge in [0.05, 0.1) is 29.3 Å². The van der Waals surface area contributed by atoms with E-state index >= 15 is 0 Å². The number of aryl methyl sites for hydroxylation is 1. The molecule has 0 spiro atoms. The molecule has 0 unspecified atom stereocenters. The van der Waals surface area contributed by atoms with Crippen LogP contribution in [0, 0.1) is 5.92 Å². The van der Waals surface area contributed by atoms with E-state index < -0.39 is 0 Å². The molecule has 6 nitrogen and oxygen atoms in total. The monoisotopic (exact) mass is 381 g/mol. The molecule has 0 amide bonds. The van der Waals surface area contributed by atoms with E-state index in [0.29, 0.717) is 23.3 Å². The lowest BCUT2D eigenvalue weighted by atomic mass is 10.1. The molecular weight excluding hydrogens is 362 g/mol. The Balaban J connectivity index is 1.85. The van der Waals surface area contributed by atoms with Gasteiger partial charge in [0.2, 0.25) is 0 Å². The van der Waals surface area contributed by atoms with Crippen molar-refractivity contribution in [2.24, 2.45) is 5.92 Å². The van der Waals surface area contributed by atoms with Gasteiger partial charge in [-0.05, 0) is 36.6 Å². The van der Waals surface area contributed by atoms with Crippen molar-refractivity contribution >= 4 is 33.8 Å². The van der Waals surface area contributed by atoms with Crippen LogP contribution < -0.4 is 5.56 Å². The fourth-order valence-corrected chi connectivity index (χ4v) is 3.35. The molecule has 0 aliphatic carbocycles. The van der Waals surface area contributed by atoms with Gasteiger partial charge in [-0.3, -0.25) is 9.36 Å². The van der Waals surface area contributed by atoms with E-state index in [9.17, 15) is 4.79 Å². The van der Waals surface area contributed by atoms with Crippen molar-refractivity contribution < 1.29 is 0 Å². The summed E-state index contributed by atoms with van der Waals surface area (Å²) in [4.78, 5) is 25.8. The summed E-state index contributed by atoms with van der Waals surface area (Å²) in [6.07, 6.45) is 2.37. The molecule has 0 aliphatic heterocycles. The fraction of sp³-hybridized carbons (Fsp3) is 0.300. The molecule has 138 valence electrons. The second-order valence-corrected chi connectivity index (χ2v) is 7.40. The first kappa shape index (κ1) is 17.7. The van der Waals surface area contributed by atoms with Crippen LogP contribution in [0.15, 0.2) is 47.4 Å². The standard InChI is InChI=1S/C20H20ClN5O/c1-13(2)9-10-25-16-7-8-17(21)23-20(16)24-18(25)12-26-15-6-4-3-5-14(15)22-11-19(26)27/h3-8,11,13H,9-10,12H2,1-2H3. The summed E-state index contributed by atoms with van der Waals surface area (Å²) in [6.45, 7) is 5.54. The van der Waals surface area contributed by atoms with Crippen molar-refractivity contribution in [2.45, 2.75) is 33.4 Å². The third-order valence-corrected chi connectivity index (χ3v) is 4.85. The lowest BCUT2D eigenvalue weighted by Crippen LogP contribution is -2.23. The van der Waals surface area contributed by atoms with Crippen LogP contribution in [0.2, 0.25) is 5.15 Å². The number of imidazole rings is 1. The zero-order valence-corrected chi connectivity index (χ0v) is 16.0. The maximum atomic E-state index is 12.5. The molecule has 0 fully saturated rings. The Hall–Kier alpha value is -2.73. The molecule has 0 radical (unpaired) electrons. The summed E-state index contributed by atoms with van der Waals surface area (Å²) >= 11 is 6.05. The Morgan fingerprint density at radius 2 is 1.85 bits per heavy atom. The van der Waals surface area contributed by atoms with E-state index in [1.54, 1.807) is 10.6 Å². The largest absolute Gasteiger partial charge is 0.325 e. The maximum Gasteiger partial charge on any atom is 0.269 e. The van der Waals surface area contributed by atoms with Gasteiger partial charge < -0.3 is 4.57 Å².